The van der Waals surface area contributed by atoms with Gasteiger partial charge in [0.05, 0.1) is 17.6 Å². The first-order valence-corrected chi connectivity index (χ1v) is 4.75. The van der Waals surface area contributed by atoms with E-state index in [1.165, 1.54) is 0 Å². The molecule has 0 saturated carbocycles. The molecule has 0 bridgehead atoms. The average molecular weight is 196 g/mol. The normalized spacial score (nSPS) is 10.9. The third-order valence-electron chi connectivity index (χ3n) is 2.07. The number of pyridine rings is 1. The van der Waals surface area contributed by atoms with Crippen LogP contribution in [-0.2, 0) is 12.4 Å². The molecule has 2 aromatic heterocycles. The number of aryl methyl sites for hydroxylation is 1. The van der Waals surface area contributed by atoms with Crippen LogP contribution in [0.3, 0.4) is 0 Å². The van der Waals surface area contributed by atoms with Crippen LogP contribution in [0.5, 0.6) is 0 Å². The molecule has 0 aliphatic heterocycles. The van der Waals surface area contributed by atoms with Gasteiger partial charge in [-0.1, -0.05) is 0 Å². The minimum Gasteiger partial charge on any atom is -0.327 e. The standard InChI is InChI=1S/C9H10ClN3/c1-2-13-8-3-4-11-6-7(8)12-9(13)5-10/h3-4,6H,2,5H2,1H3. The molecule has 2 heterocycles. The lowest BCUT2D eigenvalue weighted by Crippen LogP contribution is -1.98. The van der Waals surface area contributed by atoms with Crippen molar-refractivity contribution in [3.05, 3.63) is 24.3 Å². The fourth-order valence-corrected chi connectivity index (χ4v) is 1.69. The molecule has 0 saturated heterocycles. The molecule has 13 heavy (non-hydrogen) atoms. The van der Waals surface area contributed by atoms with Crippen molar-refractivity contribution in [2.24, 2.45) is 0 Å². The van der Waals surface area contributed by atoms with Gasteiger partial charge in [-0.05, 0) is 13.0 Å². The predicted octanol–water partition coefficient (Wildman–Crippen LogP) is 2.19. The van der Waals surface area contributed by atoms with Crippen LogP contribution in [0.2, 0.25) is 0 Å². The van der Waals surface area contributed by atoms with Gasteiger partial charge in [-0.15, -0.1) is 11.6 Å². The summed E-state index contributed by atoms with van der Waals surface area (Å²) >= 11 is 5.78. The zero-order valence-electron chi connectivity index (χ0n) is 7.37. The lowest BCUT2D eigenvalue weighted by Gasteiger charge is -2.01. The maximum atomic E-state index is 5.78. The molecule has 0 fully saturated rings. The second kappa shape index (κ2) is 3.34. The van der Waals surface area contributed by atoms with Crippen LogP contribution in [0.25, 0.3) is 11.0 Å². The number of halogens is 1. The van der Waals surface area contributed by atoms with Crippen LogP contribution >= 0.6 is 11.6 Å². The van der Waals surface area contributed by atoms with E-state index in [9.17, 15) is 0 Å². The van der Waals surface area contributed by atoms with E-state index in [-0.39, 0.29) is 0 Å². The van der Waals surface area contributed by atoms with Crippen molar-refractivity contribution < 1.29 is 0 Å². The van der Waals surface area contributed by atoms with E-state index in [1.807, 2.05) is 6.07 Å². The molecular weight excluding hydrogens is 186 g/mol. The van der Waals surface area contributed by atoms with Crippen LogP contribution in [0.1, 0.15) is 12.7 Å². The lowest BCUT2D eigenvalue weighted by molar-refractivity contribution is 0.747. The second-order valence-corrected chi connectivity index (χ2v) is 3.04. The zero-order valence-corrected chi connectivity index (χ0v) is 8.12. The molecule has 0 atom stereocenters. The van der Waals surface area contributed by atoms with Gasteiger partial charge < -0.3 is 4.57 Å². The summed E-state index contributed by atoms with van der Waals surface area (Å²) in [4.78, 5) is 8.39. The highest BCUT2D eigenvalue weighted by Crippen LogP contribution is 2.15. The fourth-order valence-electron chi connectivity index (χ4n) is 1.49. The molecule has 0 aliphatic rings. The molecule has 0 spiro atoms. The Morgan fingerprint density at radius 2 is 2.38 bits per heavy atom. The summed E-state index contributed by atoms with van der Waals surface area (Å²) in [6.45, 7) is 2.97. The minimum absolute atomic E-state index is 0.447. The molecule has 0 N–H and O–H groups in total. The highest BCUT2D eigenvalue weighted by molar-refractivity contribution is 6.16. The molecule has 2 aromatic rings. The molecule has 0 unspecified atom stereocenters. The van der Waals surface area contributed by atoms with Gasteiger partial charge in [0.15, 0.2) is 0 Å². The van der Waals surface area contributed by atoms with Crippen LogP contribution in [0, 0.1) is 0 Å². The van der Waals surface area contributed by atoms with Gasteiger partial charge in [0, 0.05) is 12.7 Å². The average Bonchev–Trinajstić information content (AvgIpc) is 2.55. The Labute approximate surface area is 81.4 Å². The van der Waals surface area contributed by atoms with Crippen LogP contribution < -0.4 is 0 Å². The van der Waals surface area contributed by atoms with Gasteiger partial charge in [0.25, 0.3) is 0 Å². The van der Waals surface area contributed by atoms with E-state index in [0.717, 1.165) is 23.4 Å². The summed E-state index contributed by atoms with van der Waals surface area (Å²) in [5.41, 5.74) is 2.02. The zero-order chi connectivity index (χ0) is 9.26. The molecule has 68 valence electrons. The topological polar surface area (TPSA) is 30.7 Å². The van der Waals surface area contributed by atoms with Crippen molar-refractivity contribution in [2.45, 2.75) is 19.3 Å². The SMILES string of the molecule is CCn1c(CCl)nc2cnccc21. The fraction of sp³-hybridized carbons (Fsp3) is 0.333. The minimum atomic E-state index is 0.447. The Hall–Kier alpha value is -1.09. The first kappa shape index (κ1) is 8.51. The monoisotopic (exact) mass is 195 g/mol. The molecular formula is C9H10ClN3. The van der Waals surface area contributed by atoms with Gasteiger partial charge >= 0.3 is 0 Å². The number of fused-ring (bicyclic) bond motifs is 1. The molecule has 0 aliphatic carbocycles. The van der Waals surface area contributed by atoms with Gasteiger partial charge in [-0.2, -0.15) is 0 Å². The largest absolute Gasteiger partial charge is 0.327 e. The van der Waals surface area contributed by atoms with Crippen molar-refractivity contribution in [3.8, 4) is 0 Å². The van der Waals surface area contributed by atoms with Crippen molar-refractivity contribution in [2.75, 3.05) is 0 Å². The van der Waals surface area contributed by atoms with Gasteiger partial charge in [-0.3, -0.25) is 4.98 Å². The smallest absolute Gasteiger partial charge is 0.124 e. The number of hydrogen-bond donors (Lipinski definition) is 0. The Morgan fingerprint density at radius 3 is 3.08 bits per heavy atom. The van der Waals surface area contributed by atoms with Crippen molar-refractivity contribution in [1.82, 2.24) is 14.5 Å². The predicted molar refractivity (Wildman–Crippen MR) is 52.8 cm³/mol. The number of alkyl halides is 1. The summed E-state index contributed by atoms with van der Waals surface area (Å²) < 4.78 is 2.10. The van der Waals surface area contributed by atoms with Gasteiger partial charge in [-0.25, -0.2) is 4.98 Å². The molecule has 2 rings (SSSR count). The van der Waals surface area contributed by atoms with E-state index in [0.29, 0.717) is 5.88 Å². The summed E-state index contributed by atoms with van der Waals surface area (Å²) in [6, 6.07) is 1.96. The molecule has 0 amide bonds. The Morgan fingerprint density at radius 1 is 1.54 bits per heavy atom. The molecule has 0 aromatic carbocycles. The van der Waals surface area contributed by atoms with E-state index in [4.69, 9.17) is 11.6 Å². The summed E-state index contributed by atoms with van der Waals surface area (Å²) in [6.07, 6.45) is 3.53. The summed E-state index contributed by atoms with van der Waals surface area (Å²) in [5, 5.41) is 0. The van der Waals surface area contributed by atoms with E-state index >= 15 is 0 Å². The second-order valence-electron chi connectivity index (χ2n) is 2.77. The van der Waals surface area contributed by atoms with Crippen LogP contribution in [0.4, 0.5) is 0 Å². The van der Waals surface area contributed by atoms with Gasteiger partial charge in [0.1, 0.15) is 11.3 Å². The highest BCUT2D eigenvalue weighted by atomic mass is 35.5. The summed E-state index contributed by atoms with van der Waals surface area (Å²) in [5.74, 6) is 1.36. The van der Waals surface area contributed by atoms with E-state index in [1.54, 1.807) is 12.4 Å². The van der Waals surface area contributed by atoms with Crippen LogP contribution in [0.15, 0.2) is 18.5 Å². The van der Waals surface area contributed by atoms with Crippen molar-refractivity contribution >= 4 is 22.6 Å². The van der Waals surface area contributed by atoms with E-state index < -0.39 is 0 Å². The van der Waals surface area contributed by atoms with Crippen molar-refractivity contribution in [3.63, 3.8) is 0 Å². The quantitative estimate of drug-likeness (QED) is 0.688. The highest BCUT2D eigenvalue weighted by Gasteiger charge is 2.06. The summed E-state index contributed by atoms with van der Waals surface area (Å²) in [7, 11) is 0. The molecule has 4 heteroatoms. The van der Waals surface area contributed by atoms with Crippen LogP contribution in [-0.4, -0.2) is 14.5 Å². The first-order valence-electron chi connectivity index (χ1n) is 4.22. The third-order valence-corrected chi connectivity index (χ3v) is 2.30. The molecule has 0 radical (unpaired) electrons. The first-order chi connectivity index (χ1) is 6.36. The number of hydrogen-bond acceptors (Lipinski definition) is 2. The Bertz CT molecular complexity index is 422. The number of rotatable bonds is 2. The Balaban J connectivity index is 2.73. The van der Waals surface area contributed by atoms with Crippen molar-refractivity contribution in [1.29, 1.82) is 0 Å². The maximum absolute atomic E-state index is 5.78. The molecule has 3 nitrogen and oxygen atoms in total. The van der Waals surface area contributed by atoms with E-state index in [2.05, 4.69) is 21.5 Å². The number of nitrogens with zero attached hydrogens (tertiary/aromatic N) is 3. The number of imidazole rings is 1. The maximum Gasteiger partial charge on any atom is 0.124 e. The Kier molecular flexibility index (Phi) is 2.19. The number of aromatic nitrogens is 3. The lowest BCUT2D eigenvalue weighted by atomic mass is 10.4. The van der Waals surface area contributed by atoms with Gasteiger partial charge in [0.2, 0.25) is 0 Å². The third kappa shape index (κ3) is 1.29.